The summed E-state index contributed by atoms with van der Waals surface area (Å²) >= 11 is 0. The highest BCUT2D eigenvalue weighted by Crippen LogP contribution is 2.39. The highest BCUT2D eigenvalue weighted by atomic mass is 16.5. The normalized spacial score (nSPS) is 22.7. The predicted molar refractivity (Wildman–Crippen MR) is 91.8 cm³/mol. The second-order valence-corrected chi connectivity index (χ2v) is 6.83. The summed E-state index contributed by atoms with van der Waals surface area (Å²) in [5.74, 6) is 3.08. The fourth-order valence-corrected chi connectivity index (χ4v) is 3.54. The van der Waals surface area contributed by atoms with Crippen molar-refractivity contribution in [1.82, 2.24) is 14.5 Å². The molecule has 1 saturated carbocycles. The number of benzene rings is 1. The number of methoxy groups -OCH3 is 1. The van der Waals surface area contributed by atoms with Crippen LogP contribution < -0.4 is 4.74 Å². The van der Waals surface area contributed by atoms with E-state index in [1.807, 2.05) is 23.2 Å². The molecule has 0 spiro atoms. The van der Waals surface area contributed by atoms with Gasteiger partial charge in [0.1, 0.15) is 11.6 Å². The number of ether oxygens (including phenoxy) is 1. The number of hydrogen-bond donors (Lipinski definition) is 0. The van der Waals surface area contributed by atoms with E-state index >= 15 is 0 Å². The molecule has 0 N–H and O–H groups in total. The summed E-state index contributed by atoms with van der Waals surface area (Å²) in [5.41, 5.74) is 2.24. The van der Waals surface area contributed by atoms with E-state index in [9.17, 15) is 4.79 Å². The second-order valence-electron chi connectivity index (χ2n) is 6.83. The molecule has 2 aliphatic rings. The van der Waals surface area contributed by atoms with Crippen LogP contribution in [0.1, 0.15) is 19.2 Å². The third-order valence-electron chi connectivity index (χ3n) is 5.26. The van der Waals surface area contributed by atoms with E-state index in [-0.39, 0.29) is 5.92 Å². The second kappa shape index (κ2) is 5.96. The molecule has 24 heavy (non-hydrogen) atoms. The van der Waals surface area contributed by atoms with Crippen molar-refractivity contribution < 1.29 is 9.53 Å². The largest absolute Gasteiger partial charge is 0.497 e. The number of imidazole rings is 1. The summed E-state index contributed by atoms with van der Waals surface area (Å²) in [7, 11) is 1.67. The smallest absolute Gasteiger partial charge is 0.226 e. The monoisotopic (exact) mass is 325 g/mol. The van der Waals surface area contributed by atoms with Crippen LogP contribution in [-0.4, -0.2) is 40.6 Å². The van der Waals surface area contributed by atoms with Crippen LogP contribution in [0.3, 0.4) is 0 Å². The van der Waals surface area contributed by atoms with Gasteiger partial charge in [0.05, 0.1) is 19.0 Å². The summed E-state index contributed by atoms with van der Waals surface area (Å²) in [5, 5.41) is 0. The van der Waals surface area contributed by atoms with Crippen molar-refractivity contribution in [2.45, 2.75) is 26.3 Å². The zero-order chi connectivity index (χ0) is 16.7. The van der Waals surface area contributed by atoms with Crippen molar-refractivity contribution in [3.63, 3.8) is 0 Å². The van der Waals surface area contributed by atoms with E-state index < -0.39 is 0 Å². The molecular formula is C19H23N3O2. The molecule has 2 atom stereocenters. The average Bonchev–Trinajstić information content (AvgIpc) is 3.27. The zero-order valence-corrected chi connectivity index (χ0v) is 14.2. The van der Waals surface area contributed by atoms with Gasteiger partial charge in [-0.15, -0.1) is 0 Å². The van der Waals surface area contributed by atoms with Gasteiger partial charge in [0, 0.05) is 37.5 Å². The Bertz CT molecular complexity index is 750. The number of carbonyl (C=O) groups excluding carboxylic acids is 1. The van der Waals surface area contributed by atoms with Crippen LogP contribution in [0.25, 0.3) is 11.3 Å². The van der Waals surface area contributed by atoms with Crippen LogP contribution in [0.15, 0.2) is 30.5 Å². The molecule has 2 aromatic rings. The highest BCUT2D eigenvalue weighted by Gasteiger charge is 2.41. The van der Waals surface area contributed by atoms with Crippen LogP contribution >= 0.6 is 0 Å². The Balaban J connectivity index is 1.54. The lowest BCUT2D eigenvalue weighted by atomic mass is 10.1. The third kappa shape index (κ3) is 2.68. The summed E-state index contributed by atoms with van der Waals surface area (Å²) in [4.78, 5) is 19.1. The van der Waals surface area contributed by atoms with Crippen molar-refractivity contribution in [3.05, 3.63) is 36.3 Å². The molecule has 126 valence electrons. The number of carbonyl (C=O) groups is 1. The van der Waals surface area contributed by atoms with E-state index in [1.54, 1.807) is 7.11 Å². The molecule has 1 aromatic heterocycles. The van der Waals surface area contributed by atoms with Gasteiger partial charge in [0.2, 0.25) is 5.91 Å². The quantitative estimate of drug-likeness (QED) is 0.871. The molecule has 0 saturated heterocycles. The summed E-state index contributed by atoms with van der Waals surface area (Å²) in [6.07, 6.45) is 3.82. The molecule has 5 nitrogen and oxygen atoms in total. The van der Waals surface area contributed by atoms with Gasteiger partial charge in [-0.05, 0) is 36.6 Å². The van der Waals surface area contributed by atoms with Gasteiger partial charge in [0.15, 0.2) is 0 Å². The maximum absolute atomic E-state index is 12.5. The van der Waals surface area contributed by atoms with Crippen molar-refractivity contribution in [3.8, 4) is 17.0 Å². The maximum Gasteiger partial charge on any atom is 0.226 e. The number of fused-ring (bicyclic) bond motifs is 1. The Morgan fingerprint density at radius 1 is 1.21 bits per heavy atom. The third-order valence-corrected chi connectivity index (χ3v) is 5.26. The Hall–Kier alpha value is -2.30. The molecule has 2 heterocycles. The predicted octanol–water partition coefficient (Wildman–Crippen LogP) is 2.60. The fraction of sp³-hybridized carbons (Fsp3) is 0.474. The number of aromatic nitrogens is 2. The van der Waals surface area contributed by atoms with E-state index in [2.05, 4.69) is 28.6 Å². The first-order chi connectivity index (χ1) is 11.7. The van der Waals surface area contributed by atoms with E-state index in [0.29, 0.717) is 11.8 Å². The lowest BCUT2D eigenvalue weighted by molar-refractivity contribution is -0.132. The number of rotatable bonds is 3. The minimum atomic E-state index is 0.261. The van der Waals surface area contributed by atoms with Gasteiger partial charge in [-0.2, -0.15) is 0 Å². The lowest BCUT2D eigenvalue weighted by Gasteiger charge is -2.20. The molecular weight excluding hydrogens is 302 g/mol. The van der Waals surface area contributed by atoms with Gasteiger partial charge in [0.25, 0.3) is 0 Å². The van der Waals surface area contributed by atoms with Gasteiger partial charge in [-0.25, -0.2) is 4.98 Å². The van der Waals surface area contributed by atoms with Gasteiger partial charge in [-0.1, -0.05) is 6.92 Å². The SMILES string of the molecule is COc1ccc(-c2cnc3n2CCN(C(=O)[C@H]2C[C@H]2C)CC3)cc1. The molecule has 1 aliphatic carbocycles. The number of nitrogens with zero attached hydrogens (tertiary/aromatic N) is 3. The minimum Gasteiger partial charge on any atom is -0.497 e. The zero-order valence-electron chi connectivity index (χ0n) is 14.2. The van der Waals surface area contributed by atoms with Gasteiger partial charge in [-0.3, -0.25) is 4.79 Å². The van der Waals surface area contributed by atoms with E-state index in [0.717, 1.165) is 55.3 Å². The minimum absolute atomic E-state index is 0.261. The summed E-state index contributed by atoms with van der Waals surface area (Å²) < 4.78 is 7.49. The summed E-state index contributed by atoms with van der Waals surface area (Å²) in [6, 6.07) is 8.05. The van der Waals surface area contributed by atoms with Crippen molar-refractivity contribution in [2.75, 3.05) is 20.2 Å². The van der Waals surface area contributed by atoms with E-state index in [1.165, 1.54) is 0 Å². The molecule has 4 rings (SSSR count). The molecule has 0 unspecified atom stereocenters. The first kappa shape index (κ1) is 15.2. The standard InChI is InChI=1S/C19H23N3O2/c1-13-11-16(13)19(23)21-8-7-18-20-12-17(22(18)10-9-21)14-3-5-15(24-2)6-4-14/h3-6,12-13,16H,7-11H2,1-2H3/t13-,16+/m1/s1. The molecule has 1 aromatic carbocycles. The first-order valence-corrected chi connectivity index (χ1v) is 8.65. The van der Waals surface area contributed by atoms with Crippen molar-refractivity contribution in [1.29, 1.82) is 0 Å². The number of amides is 1. The molecule has 1 fully saturated rings. The molecule has 0 bridgehead atoms. The molecule has 0 radical (unpaired) electrons. The Morgan fingerprint density at radius 3 is 2.62 bits per heavy atom. The van der Waals surface area contributed by atoms with Crippen LogP contribution in [0.2, 0.25) is 0 Å². The number of hydrogen-bond acceptors (Lipinski definition) is 3. The van der Waals surface area contributed by atoms with Crippen molar-refractivity contribution in [2.24, 2.45) is 11.8 Å². The molecule has 5 heteroatoms. The van der Waals surface area contributed by atoms with Crippen LogP contribution in [0.4, 0.5) is 0 Å². The maximum atomic E-state index is 12.5. The van der Waals surface area contributed by atoms with Gasteiger partial charge < -0.3 is 14.2 Å². The molecule has 1 amide bonds. The molecule has 1 aliphatic heterocycles. The van der Waals surface area contributed by atoms with E-state index in [4.69, 9.17) is 4.74 Å². The van der Waals surface area contributed by atoms with Crippen LogP contribution in [-0.2, 0) is 17.8 Å². The highest BCUT2D eigenvalue weighted by molar-refractivity contribution is 5.81. The summed E-state index contributed by atoms with van der Waals surface area (Å²) in [6.45, 7) is 4.52. The Morgan fingerprint density at radius 2 is 1.96 bits per heavy atom. The average molecular weight is 325 g/mol. The van der Waals surface area contributed by atoms with Crippen LogP contribution in [0, 0.1) is 11.8 Å². The van der Waals surface area contributed by atoms with Gasteiger partial charge >= 0.3 is 0 Å². The van der Waals surface area contributed by atoms with Crippen molar-refractivity contribution >= 4 is 5.91 Å². The topological polar surface area (TPSA) is 47.4 Å². The van der Waals surface area contributed by atoms with Crippen LogP contribution in [0.5, 0.6) is 5.75 Å². The fourth-order valence-electron chi connectivity index (χ4n) is 3.54. The first-order valence-electron chi connectivity index (χ1n) is 8.65. The Labute approximate surface area is 142 Å². The lowest BCUT2D eigenvalue weighted by Crippen LogP contribution is -2.35. The Kier molecular flexibility index (Phi) is 3.79.